The average molecular weight is 323 g/mol. The molecule has 5 heteroatoms. The van der Waals surface area contributed by atoms with Crippen molar-refractivity contribution in [2.45, 2.75) is 19.8 Å². The lowest BCUT2D eigenvalue weighted by atomic mass is 9.85. The van der Waals surface area contributed by atoms with Crippen LogP contribution in [-0.2, 0) is 14.4 Å². The van der Waals surface area contributed by atoms with Gasteiger partial charge in [0.15, 0.2) is 0 Å². The first-order valence-electron chi connectivity index (χ1n) is 8.37. The molecule has 2 bridgehead atoms. The number of carbonyl (C=O) groups is 3. The molecule has 3 aliphatic carbocycles. The molecule has 3 fully saturated rings. The van der Waals surface area contributed by atoms with Crippen molar-refractivity contribution in [3.63, 3.8) is 0 Å². The Morgan fingerprint density at radius 3 is 2.29 bits per heavy atom. The Hall–Kier alpha value is -2.43. The lowest BCUT2D eigenvalue weighted by Gasteiger charge is -2.22. The zero-order chi connectivity index (χ0) is 16.6. The molecule has 2 saturated carbocycles. The summed E-state index contributed by atoms with van der Waals surface area (Å²) < 4.78 is 5.08. The Bertz CT molecular complexity index is 788. The van der Waals surface area contributed by atoms with Gasteiger partial charge < -0.3 is 4.74 Å². The molecule has 5 nitrogen and oxygen atoms in total. The number of esters is 1. The third-order valence-corrected chi connectivity index (χ3v) is 6.19. The van der Waals surface area contributed by atoms with Crippen LogP contribution in [-0.4, -0.2) is 17.8 Å². The summed E-state index contributed by atoms with van der Waals surface area (Å²) in [7, 11) is 0. The largest absolute Gasteiger partial charge is 0.427 e. The predicted molar refractivity (Wildman–Crippen MR) is 85.0 cm³/mol. The van der Waals surface area contributed by atoms with Crippen LogP contribution in [0.15, 0.2) is 36.4 Å². The van der Waals surface area contributed by atoms with Gasteiger partial charge in [0.05, 0.1) is 17.5 Å². The number of ether oxygens (including phenoxy) is 1. The first-order chi connectivity index (χ1) is 11.5. The van der Waals surface area contributed by atoms with Crippen LogP contribution in [0.25, 0.3) is 0 Å². The predicted octanol–water partition coefficient (Wildman–Crippen LogP) is 2.31. The molecule has 4 aliphatic rings. The highest BCUT2D eigenvalue weighted by Crippen LogP contribution is 2.73. The standard InChI is InChI=1S/C19H17NO4/c1-10(21)24-12-4-2-3-11(9-12)20-17(22)15-13-5-6-14(16(15)18(20)23)19(13)7-8-19/h2-6,9,13-16H,7-8H2,1H3/t13-,14+,15+,16-. The Morgan fingerprint density at radius 1 is 1.12 bits per heavy atom. The monoisotopic (exact) mass is 323 g/mol. The summed E-state index contributed by atoms with van der Waals surface area (Å²) in [5.74, 6) is -0.296. The van der Waals surface area contributed by atoms with Crippen LogP contribution in [0, 0.1) is 29.1 Å². The van der Waals surface area contributed by atoms with Gasteiger partial charge >= 0.3 is 5.97 Å². The Kier molecular flexibility index (Phi) is 2.53. The SMILES string of the molecule is CC(=O)Oc1cccc(N2C(=O)[C@@H]3[C@H](C2=O)[C@@H]2C=C[C@H]3C23CC3)c1. The summed E-state index contributed by atoms with van der Waals surface area (Å²) >= 11 is 0. The van der Waals surface area contributed by atoms with Crippen LogP contribution in [0.3, 0.4) is 0 Å². The molecular weight excluding hydrogens is 306 g/mol. The fourth-order valence-corrected chi connectivity index (χ4v) is 5.18. The number of imide groups is 1. The van der Waals surface area contributed by atoms with E-state index in [1.165, 1.54) is 11.8 Å². The van der Waals surface area contributed by atoms with Crippen molar-refractivity contribution in [3.8, 4) is 5.75 Å². The molecule has 1 saturated heterocycles. The van der Waals surface area contributed by atoms with E-state index in [2.05, 4.69) is 12.2 Å². The number of fused-ring (bicyclic) bond motifs is 3. The number of amides is 2. The van der Waals surface area contributed by atoms with Crippen LogP contribution in [0.4, 0.5) is 5.69 Å². The van der Waals surface area contributed by atoms with Gasteiger partial charge in [0, 0.05) is 13.0 Å². The van der Waals surface area contributed by atoms with Gasteiger partial charge in [-0.25, -0.2) is 4.90 Å². The van der Waals surface area contributed by atoms with E-state index in [-0.39, 0.29) is 40.9 Å². The van der Waals surface area contributed by atoms with E-state index in [1.807, 2.05) is 0 Å². The minimum atomic E-state index is -0.430. The Labute approximate surface area is 139 Å². The van der Waals surface area contributed by atoms with E-state index < -0.39 is 5.97 Å². The molecule has 4 atom stereocenters. The smallest absolute Gasteiger partial charge is 0.308 e. The van der Waals surface area contributed by atoms with E-state index in [0.29, 0.717) is 11.4 Å². The van der Waals surface area contributed by atoms with Gasteiger partial charge in [0.2, 0.25) is 11.8 Å². The third kappa shape index (κ3) is 1.57. The number of hydrogen-bond donors (Lipinski definition) is 0. The molecule has 0 N–H and O–H groups in total. The number of rotatable bonds is 2. The van der Waals surface area contributed by atoms with Crippen molar-refractivity contribution in [1.29, 1.82) is 0 Å². The lowest BCUT2D eigenvalue weighted by molar-refractivity contribution is -0.132. The van der Waals surface area contributed by atoms with E-state index in [1.54, 1.807) is 24.3 Å². The van der Waals surface area contributed by atoms with Crippen LogP contribution in [0.5, 0.6) is 5.75 Å². The molecule has 1 aliphatic heterocycles. The van der Waals surface area contributed by atoms with Gasteiger partial charge in [0.1, 0.15) is 5.75 Å². The molecule has 1 spiro atoms. The minimum absolute atomic E-state index is 0.104. The van der Waals surface area contributed by atoms with Gasteiger partial charge in [-0.1, -0.05) is 18.2 Å². The highest BCUT2D eigenvalue weighted by Gasteiger charge is 2.73. The summed E-state index contributed by atoms with van der Waals surface area (Å²) in [4.78, 5) is 38.4. The lowest BCUT2D eigenvalue weighted by Crippen LogP contribution is -2.34. The molecule has 5 rings (SSSR count). The molecule has 122 valence electrons. The van der Waals surface area contributed by atoms with Crippen LogP contribution in [0.2, 0.25) is 0 Å². The third-order valence-electron chi connectivity index (χ3n) is 6.19. The summed E-state index contributed by atoms with van der Waals surface area (Å²) in [6.07, 6.45) is 6.57. The fraction of sp³-hybridized carbons (Fsp3) is 0.421. The van der Waals surface area contributed by atoms with E-state index in [9.17, 15) is 14.4 Å². The highest BCUT2D eigenvalue weighted by molar-refractivity contribution is 6.23. The van der Waals surface area contributed by atoms with Crippen LogP contribution in [0.1, 0.15) is 19.8 Å². The van der Waals surface area contributed by atoms with Gasteiger partial charge in [0.25, 0.3) is 0 Å². The second-order valence-corrected chi connectivity index (χ2v) is 7.32. The summed E-state index contributed by atoms with van der Waals surface area (Å²) in [5.41, 5.74) is 0.689. The van der Waals surface area contributed by atoms with Crippen LogP contribution >= 0.6 is 0 Å². The zero-order valence-electron chi connectivity index (χ0n) is 13.3. The highest BCUT2D eigenvalue weighted by atomic mass is 16.5. The van der Waals surface area contributed by atoms with Crippen molar-refractivity contribution in [3.05, 3.63) is 36.4 Å². The summed E-state index contributed by atoms with van der Waals surface area (Å²) in [6.45, 7) is 1.32. The first kappa shape index (κ1) is 14.0. The fourth-order valence-electron chi connectivity index (χ4n) is 5.18. The number of anilines is 1. The van der Waals surface area contributed by atoms with Gasteiger partial charge in [-0.05, 0) is 42.2 Å². The molecule has 0 unspecified atom stereocenters. The maximum atomic E-state index is 13.0. The van der Waals surface area contributed by atoms with Gasteiger partial charge in [-0.15, -0.1) is 0 Å². The second-order valence-electron chi connectivity index (χ2n) is 7.32. The number of carbonyl (C=O) groups excluding carboxylic acids is 3. The van der Waals surface area contributed by atoms with Crippen molar-refractivity contribution in [2.24, 2.45) is 29.1 Å². The van der Waals surface area contributed by atoms with Crippen molar-refractivity contribution in [2.75, 3.05) is 4.90 Å². The number of hydrogen-bond acceptors (Lipinski definition) is 4. The van der Waals surface area contributed by atoms with Crippen LogP contribution < -0.4 is 9.64 Å². The van der Waals surface area contributed by atoms with Gasteiger partial charge in [-0.3, -0.25) is 14.4 Å². The Balaban J connectivity index is 1.51. The van der Waals surface area contributed by atoms with E-state index >= 15 is 0 Å². The van der Waals surface area contributed by atoms with Gasteiger partial charge in [-0.2, -0.15) is 0 Å². The molecule has 0 radical (unpaired) electrons. The Morgan fingerprint density at radius 2 is 1.75 bits per heavy atom. The number of nitrogens with zero attached hydrogens (tertiary/aromatic N) is 1. The first-order valence-corrected chi connectivity index (χ1v) is 8.37. The molecule has 1 aromatic rings. The van der Waals surface area contributed by atoms with Crippen molar-refractivity contribution >= 4 is 23.5 Å². The van der Waals surface area contributed by atoms with E-state index in [4.69, 9.17) is 4.74 Å². The molecule has 0 aromatic heterocycles. The minimum Gasteiger partial charge on any atom is -0.427 e. The summed E-state index contributed by atoms with van der Waals surface area (Å²) in [5, 5.41) is 0. The molecule has 1 heterocycles. The summed E-state index contributed by atoms with van der Waals surface area (Å²) in [6, 6.07) is 6.63. The van der Waals surface area contributed by atoms with E-state index in [0.717, 1.165) is 12.8 Å². The maximum Gasteiger partial charge on any atom is 0.308 e. The quantitative estimate of drug-likeness (QED) is 0.363. The molecular formula is C19H17NO4. The maximum absolute atomic E-state index is 13.0. The molecule has 1 aromatic carbocycles. The molecule has 24 heavy (non-hydrogen) atoms. The second kappa shape index (κ2) is 4.35. The molecule has 2 amide bonds. The van der Waals surface area contributed by atoms with Crippen molar-refractivity contribution in [1.82, 2.24) is 0 Å². The average Bonchev–Trinajstić information content (AvgIpc) is 3.12. The normalized spacial score (nSPS) is 34.1. The zero-order valence-corrected chi connectivity index (χ0v) is 13.3. The number of allylic oxidation sites excluding steroid dienone is 2. The van der Waals surface area contributed by atoms with Crippen molar-refractivity contribution < 1.29 is 19.1 Å². The topological polar surface area (TPSA) is 63.7 Å². The number of benzene rings is 1.